The third-order valence-corrected chi connectivity index (χ3v) is 4.65. The molecule has 0 unspecified atom stereocenters. The van der Waals surface area contributed by atoms with Crippen molar-refractivity contribution in [1.29, 1.82) is 0 Å². The SMILES string of the molecule is COCCCNc1ncnc(NNC(=O)C(c2ccccc2)c2ccccc2)c1[N+](=O)[O-]. The smallest absolute Gasteiger partial charge is 0.354 e. The van der Waals surface area contributed by atoms with Crippen molar-refractivity contribution in [3.05, 3.63) is 88.2 Å². The van der Waals surface area contributed by atoms with Crippen LogP contribution in [-0.2, 0) is 9.53 Å². The van der Waals surface area contributed by atoms with E-state index in [4.69, 9.17) is 4.74 Å². The fourth-order valence-electron chi connectivity index (χ4n) is 3.17. The van der Waals surface area contributed by atoms with Crippen LogP contribution in [0.4, 0.5) is 17.3 Å². The highest BCUT2D eigenvalue weighted by atomic mass is 16.6. The summed E-state index contributed by atoms with van der Waals surface area (Å²) >= 11 is 0. The van der Waals surface area contributed by atoms with Crippen LogP contribution in [0.2, 0.25) is 0 Å². The summed E-state index contributed by atoms with van der Waals surface area (Å²) in [4.78, 5) is 32.1. The zero-order valence-corrected chi connectivity index (χ0v) is 17.5. The second-order valence-electron chi connectivity index (χ2n) is 6.82. The molecule has 32 heavy (non-hydrogen) atoms. The van der Waals surface area contributed by atoms with Gasteiger partial charge in [-0.25, -0.2) is 9.97 Å². The van der Waals surface area contributed by atoms with Crippen LogP contribution in [0.15, 0.2) is 67.0 Å². The second kappa shape index (κ2) is 11.4. The molecule has 1 amide bonds. The maximum Gasteiger partial charge on any atom is 0.354 e. The second-order valence-corrected chi connectivity index (χ2v) is 6.82. The van der Waals surface area contributed by atoms with Gasteiger partial charge in [0.2, 0.25) is 17.5 Å². The van der Waals surface area contributed by atoms with Crippen molar-refractivity contribution in [3.8, 4) is 0 Å². The highest BCUT2D eigenvalue weighted by Crippen LogP contribution is 2.29. The molecule has 0 saturated carbocycles. The van der Waals surface area contributed by atoms with Crippen molar-refractivity contribution in [2.75, 3.05) is 31.0 Å². The first-order valence-electron chi connectivity index (χ1n) is 9.99. The van der Waals surface area contributed by atoms with Gasteiger partial charge >= 0.3 is 5.69 Å². The van der Waals surface area contributed by atoms with E-state index in [2.05, 4.69) is 26.1 Å². The van der Waals surface area contributed by atoms with Gasteiger partial charge in [0.1, 0.15) is 6.33 Å². The number of benzene rings is 2. The van der Waals surface area contributed by atoms with Gasteiger partial charge in [0.05, 0.1) is 10.8 Å². The van der Waals surface area contributed by atoms with Crippen LogP contribution in [0, 0.1) is 10.1 Å². The number of anilines is 2. The van der Waals surface area contributed by atoms with E-state index in [-0.39, 0.29) is 23.2 Å². The summed E-state index contributed by atoms with van der Waals surface area (Å²) in [5.74, 6) is -1.06. The lowest BCUT2D eigenvalue weighted by atomic mass is 9.91. The molecule has 0 fully saturated rings. The van der Waals surface area contributed by atoms with Crippen molar-refractivity contribution in [2.24, 2.45) is 0 Å². The fraction of sp³-hybridized carbons (Fsp3) is 0.227. The summed E-state index contributed by atoms with van der Waals surface area (Å²) in [6.07, 6.45) is 1.83. The maximum absolute atomic E-state index is 13.1. The van der Waals surface area contributed by atoms with Gasteiger partial charge in [-0.15, -0.1) is 0 Å². The molecule has 0 aliphatic carbocycles. The van der Waals surface area contributed by atoms with Crippen LogP contribution < -0.4 is 16.2 Å². The number of nitrogens with one attached hydrogen (secondary N) is 3. The molecule has 0 spiro atoms. The Morgan fingerprint density at radius 3 is 2.19 bits per heavy atom. The van der Waals surface area contributed by atoms with Crippen LogP contribution in [0.5, 0.6) is 0 Å². The van der Waals surface area contributed by atoms with E-state index in [9.17, 15) is 14.9 Å². The molecular weight excluding hydrogens is 412 g/mol. The highest BCUT2D eigenvalue weighted by Gasteiger charge is 2.26. The highest BCUT2D eigenvalue weighted by molar-refractivity contribution is 5.88. The van der Waals surface area contributed by atoms with Crippen LogP contribution in [-0.4, -0.2) is 41.1 Å². The minimum atomic E-state index is -0.613. The average molecular weight is 436 g/mol. The summed E-state index contributed by atoms with van der Waals surface area (Å²) < 4.78 is 4.97. The van der Waals surface area contributed by atoms with E-state index in [1.165, 1.54) is 6.33 Å². The topological polar surface area (TPSA) is 131 Å². The minimum Gasteiger partial charge on any atom is -0.385 e. The molecule has 2 aromatic carbocycles. The van der Waals surface area contributed by atoms with Gasteiger partial charge in [-0.2, -0.15) is 0 Å². The monoisotopic (exact) mass is 436 g/mol. The molecule has 0 radical (unpaired) electrons. The Hall–Kier alpha value is -4.05. The lowest BCUT2D eigenvalue weighted by molar-refractivity contribution is -0.383. The molecule has 0 aliphatic rings. The Balaban J connectivity index is 1.80. The van der Waals surface area contributed by atoms with E-state index >= 15 is 0 Å². The fourth-order valence-corrected chi connectivity index (χ4v) is 3.17. The summed E-state index contributed by atoms with van der Waals surface area (Å²) in [6.45, 7) is 0.939. The summed E-state index contributed by atoms with van der Waals surface area (Å²) in [6, 6.07) is 18.6. The Labute approximate surface area is 185 Å². The number of ether oxygens (including phenoxy) is 1. The molecule has 1 heterocycles. The molecule has 0 aliphatic heterocycles. The molecule has 10 nitrogen and oxygen atoms in total. The molecule has 0 bridgehead atoms. The van der Waals surface area contributed by atoms with Crippen molar-refractivity contribution in [1.82, 2.24) is 15.4 Å². The number of carbonyl (C=O) groups is 1. The molecule has 1 aromatic heterocycles. The molecular formula is C22H24N6O4. The zero-order chi connectivity index (χ0) is 22.8. The normalized spacial score (nSPS) is 10.6. The summed E-state index contributed by atoms with van der Waals surface area (Å²) in [5, 5.41) is 14.6. The standard InChI is InChI=1S/C22H24N6O4/c1-32-14-8-13-23-20-19(28(30)31)21(25-15-24-20)26-27-22(29)18(16-9-4-2-5-10-16)17-11-6-3-7-12-17/h2-7,9-12,15,18H,8,13-14H2,1H3,(H,27,29)(H2,23,24,25,26). The summed E-state index contributed by atoms with van der Waals surface area (Å²) in [7, 11) is 1.58. The number of nitrogens with zero attached hydrogens (tertiary/aromatic N) is 3. The van der Waals surface area contributed by atoms with Gasteiger partial charge in [-0.05, 0) is 17.5 Å². The number of carbonyl (C=O) groups excluding carboxylic acids is 1. The number of aromatic nitrogens is 2. The van der Waals surface area contributed by atoms with Gasteiger partial charge in [-0.3, -0.25) is 25.8 Å². The lowest BCUT2D eigenvalue weighted by Gasteiger charge is -2.18. The minimum absolute atomic E-state index is 0.0560. The van der Waals surface area contributed by atoms with E-state index in [0.29, 0.717) is 19.6 Å². The average Bonchev–Trinajstić information content (AvgIpc) is 2.82. The van der Waals surface area contributed by atoms with Gasteiger partial charge in [0.15, 0.2) is 0 Å². The molecule has 0 atom stereocenters. The van der Waals surface area contributed by atoms with Gasteiger partial charge in [0.25, 0.3) is 0 Å². The van der Waals surface area contributed by atoms with Crippen molar-refractivity contribution in [3.63, 3.8) is 0 Å². The number of methoxy groups -OCH3 is 1. The lowest BCUT2D eigenvalue weighted by Crippen LogP contribution is -2.35. The number of rotatable bonds is 11. The maximum atomic E-state index is 13.1. The molecule has 3 N–H and O–H groups in total. The zero-order valence-electron chi connectivity index (χ0n) is 17.5. The Morgan fingerprint density at radius 2 is 1.62 bits per heavy atom. The molecule has 166 valence electrons. The molecule has 0 saturated heterocycles. The predicted octanol–water partition coefficient (Wildman–Crippen LogP) is 3.11. The largest absolute Gasteiger partial charge is 0.385 e. The van der Waals surface area contributed by atoms with Crippen LogP contribution >= 0.6 is 0 Å². The Kier molecular flexibility index (Phi) is 8.04. The summed E-state index contributed by atoms with van der Waals surface area (Å²) in [5.41, 5.74) is 6.38. The van der Waals surface area contributed by atoms with Gasteiger partial charge in [-0.1, -0.05) is 60.7 Å². The van der Waals surface area contributed by atoms with Crippen LogP contribution in [0.1, 0.15) is 23.5 Å². The third-order valence-electron chi connectivity index (χ3n) is 4.65. The molecule has 3 rings (SSSR count). The number of amides is 1. The van der Waals surface area contributed by atoms with Crippen molar-refractivity contribution in [2.45, 2.75) is 12.3 Å². The van der Waals surface area contributed by atoms with E-state index < -0.39 is 10.8 Å². The Bertz CT molecular complexity index is 994. The van der Waals surface area contributed by atoms with E-state index in [1.54, 1.807) is 7.11 Å². The Morgan fingerprint density at radius 1 is 1.03 bits per heavy atom. The first kappa shape index (κ1) is 22.6. The molecule has 3 aromatic rings. The number of hydrazine groups is 1. The number of nitro groups is 1. The number of hydrogen-bond donors (Lipinski definition) is 3. The van der Waals surface area contributed by atoms with Gasteiger partial charge < -0.3 is 10.1 Å². The van der Waals surface area contributed by atoms with Crippen LogP contribution in [0.25, 0.3) is 0 Å². The number of hydrogen-bond acceptors (Lipinski definition) is 8. The van der Waals surface area contributed by atoms with E-state index in [0.717, 1.165) is 11.1 Å². The van der Waals surface area contributed by atoms with Crippen molar-refractivity contribution < 1.29 is 14.5 Å². The predicted molar refractivity (Wildman–Crippen MR) is 120 cm³/mol. The van der Waals surface area contributed by atoms with Gasteiger partial charge in [0, 0.05) is 20.3 Å². The van der Waals surface area contributed by atoms with Crippen molar-refractivity contribution >= 4 is 23.2 Å². The van der Waals surface area contributed by atoms with Crippen LogP contribution in [0.3, 0.4) is 0 Å². The molecule has 10 heteroatoms. The quantitative estimate of drug-likeness (QED) is 0.237. The first-order chi connectivity index (χ1) is 15.6. The third kappa shape index (κ3) is 5.76. The first-order valence-corrected chi connectivity index (χ1v) is 9.99. The van der Waals surface area contributed by atoms with E-state index in [1.807, 2.05) is 60.7 Å².